The van der Waals surface area contributed by atoms with E-state index in [4.69, 9.17) is 19.4 Å². The maximum atomic E-state index is 15.5. The number of sulfone groups is 2. The van der Waals surface area contributed by atoms with Crippen molar-refractivity contribution in [2.24, 2.45) is 25.9 Å². The monoisotopic (exact) mass is 1060 g/mol. The van der Waals surface area contributed by atoms with Gasteiger partial charge in [0, 0.05) is 98.5 Å². The second-order valence-corrected chi connectivity index (χ2v) is 24.2. The molecule has 6 aromatic heterocycles. The van der Waals surface area contributed by atoms with Crippen LogP contribution in [0.15, 0.2) is 132 Å². The molecule has 0 radical (unpaired) electrons. The van der Waals surface area contributed by atoms with Crippen molar-refractivity contribution in [3.63, 3.8) is 0 Å². The molecule has 4 aromatic carbocycles. The summed E-state index contributed by atoms with van der Waals surface area (Å²) in [4.78, 5) is 10.1. The predicted molar refractivity (Wildman–Crippen MR) is 291 cm³/mol. The summed E-state index contributed by atoms with van der Waals surface area (Å²) in [5, 5.41) is 9.91. The van der Waals surface area contributed by atoms with Gasteiger partial charge in [-0.25, -0.2) is 25.6 Å². The molecule has 2 fully saturated rings. The smallest absolute Gasteiger partial charge is 0.176 e. The Kier molecular flexibility index (Phi) is 13.5. The fraction of sp³-hybridized carbons (Fsp3) is 0.310. The van der Waals surface area contributed by atoms with E-state index in [1.807, 2.05) is 76.5 Å². The summed E-state index contributed by atoms with van der Waals surface area (Å²) in [6.07, 6.45) is 12.6. The molecule has 10 aromatic rings. The fourth-order valence-corrected chi connectivity index (χ4v) is 13.7. The number of aryl methyl sites for hydroxylation is 4. The minimum absolute atomic E-state index is 0.0865. The van der Waals surface area contributed by atoms with Crippen molar-refractivity contribution in [1.82, 2.24) is 38.7 Å². The van der Waals surface area contributed by atoms with Crippen LogP contribution < -0.4 is 0 Å². The van der Waals surface area contributed by atoms with Crippen LogP contribution in [0.5, 0.6) is 0 Å². The summed E-state index contributed by atoms with van der Waals surface area (Å²) in [6, 6.07) is 27.6. The quantitative estimate of drug-likeness (QED) is 0.129. The van der Waals surface area contributed by atoms with Crippen molar-refractivity contribution in [2.75, 3.05) is 38.9 Å². The number of rotatable bonds is 10. The molecule has 0 saturated carbocycles. The normalized spacial score (nSPS) is 15.9. The molecule has 2 saturated heterocycles. The molecule has 0 spiro atoms. The number of fused-ring (bicyclic) bond motifs is 6. The van der Waals surface area contributed by atoms with Gasteiger partial charge in [0.2, 0.25) is 0 Å². The predicted octanol–water partition coefficient (Wildman–Crippen LogP) is 10.9. The average molecular weight is 1070 g/mol. The second-order valence-electron chi connectivity index (χ2n) is 20.2. The highest BCUT2D eigenvalue weighted by Gasteiger charge is 2.35. The van der Waals surface area contributed by atoms with Crippen LogP contribution in [-0.2, 0) is 43.2 Å². The molecule has 12 rings (SSSR count). The Labute approximate surface area is 439 Å². The van der Waals surface area contributed by atoms with Crippen LogP contribution in [0.25, 0.3) is 66.4 Å². The van der Waals surface area contributed by atoms with Crippen molar-refractivity contribution in [3.05, 3.63) is 156 Å². The van der Waals surface area contributed by atoms with Crippen LogP contribution in [0, 0.1) is 37.3 Å². The lowest BCUT2D eigenvalue weighted by Gasteiger charge is -2.33. The van der Waals surface area contributed by atoms with Crippen molar-refractivity contribution >= 4 is 63.5 Å². The number of ether oxygens (including phenoxy) is 2. The number of aromatic nitrogens is 8. The van der Waals surface area contributed by atoms with Crippen LogP contribution >= 0.6 is 0 Å². The SMILES string of the molecule is Cc1cnn(C)c1-c1cnc2c3c(S(C)(=O)=O)cccc3n(C(c3ccccc3F)C3CCOCC3)c2c1.Cc1cnn(C)c1-c1cnc2c3c(S(C)(=O)=O)cccc3n(C(c3ccccc3F)C3CCOCC3)c2c1. The third-order valence-corrected chi connectivity index (χ3v) is 17.6. The lowest BCUT2D eigenvalue weighted by atomic mass is 9.86. The van der Waals surface area contributed by atoms with Gasteiger partial charge >= 0.3 is 0 Å². The van der Waals surface area contributed by atoms with E-state index >= 15 is 8.78 Å². The average Bonchev–Trinajstić information content (AvgIpc) is 4.27. The standard InChI is InChI=1S/2C29H29FN4O3S/c2*1-18-16-32-33(2)28(18)20-15-24-27(31-17-20)26-23(9-6-10-25(26)38(3,35)36)34(24)29(19-11-13-37-14-12-19)21-7-4-5-8-22(21)30/h2*4-10,15-17,19,29H,11-14H2,1-3H3. The Morgan fingerprint density at radius 1 is 0.526 bits per heavy atom. The number of nitrogens with zero attached hydrogens (tertiary/aromatic N) is 8. The van der Waals surface area contributed by atoms with E-state index in [2.05, 4.69) is 19.3 Å². The minimum atomic E-state index is -3.56. The molecular weight excluding hydrogens is 1010 g/mol. The summed E-state index contributed by atoms with van der Waals surface area (Å²) in [7, 11) is -3.35. The molecule has 0 bridgehead atoms. The zero-order valence-electron chi connectivity index (χ0n) is 43.1. The van der Waals surface area contributed by atoms with Crippen molar-refractivity contribution in [1.29, 1.82) is 0 Å². The van der Waals surface area contributed by atoms with Crippen molar-refractivity contribution in [2.45, 2.75) is 61.4 Å². The topological polar surface area (TPSA) is 158 Å². The number of hydrogen-bond acceptors (Lipinski definition) is 10. The number of halogens is 2. The summed E-state index contributed by atoms with van der Waals surface area (Å²) < 4.78 is 102. The van der Waals surface area contributed by atoms with E-state index < -0.39 is 19.7 Å². The summed E-state index contributed by atoms with van der Waals surface area (Å²) in [6.45, 7) is 6.37. The Morgan fingerprint density at radius 2 is 0.908 bits per heavy atom. The first-order valence-electron chi connectivity index (χ1n) is 25.4. The number of hydrogen-bond donors (Lipinski definition) is 0. The van der Waals surface area contributed by atoms with E-state index in [1.165, 1.54) is 24.6 Å². The maximum Gasteiger partial charge on any atom is 0.176 e. The van der Waals surface area contributed by atoms with Gasteiger partial charge in [0.1, 0.15) is 11.6 Å². The van der Waals surface area contributed by atoms with Gasteiger partial charge in [0.05, 0.1) is 78.8 Å². The fourth-order valence-electron chi connectivity index (χ4n) is 11.9. The molecule has 2 unspecified atom stereocenters. The maximum absolute atomic E-state index is 15.5. The Morgan fingerprint density at radius 3 is 1.25 bits per heavy atom. The molecule has 392 valence electrons. The molecular formula is C58H58F2N8O6S2. The highest BCUT2D eigenvalue weighted by atomic mass is 32.2. The Hall–Kier alpha value is -7.12. The Bertz CT molecular complexity index is 3790. The van der Waals surface area contributed by atoms with Gasteiger partial charge in [-0.2, -0.15) is 10.2 Å². The van der Waals surface area contributed by atoms with Crippen LogP contribution in [-0.4, -0.2) is 94.4 Å². The van der Waals surface area contributed by atoms with Gasteiger partial charge in [0.15, 0.2) is 19.7 Å². The van der Waals surface area contributed by atoms with E-state index in [9.17, 15) is 16.8 Å². The van der Waals surface area contributed by atoms with Crippen LogP contribution in [0.4, 0.5) is 8.78 Å². The van der Waals surface area contributed by atoms with E-state index in [0.29, 0.717) is 70.4 Å². The summed E-state index contributed by atoms with van der Waals surface area (Å²) in [5.74, 6) is -0.401. The summed E-state index contributed by atoms with van der Waals surface area (Å²) in [5.41, 5.74) is 10.8. The van der Waals surface area contributed by atoms with E-state index in [-0.39, 0.29) is 45.3 Å². The molecule has 14 nitrogen and oxygen atoms in total. The van der Waals surface area contributed by atoms with Gasteiger partial charge in [-0.15, -0.1) is 0 Å². The first-order chi connectivity index (χ1) is 36.5. The van der Waals surface area contributed by atoms with E-state index in [1.54, 1.807) is 70.5 Å². The van der Waals surface area contributed by atoms with Crippen LogP contribution in [0.1, 0.15) is 60.0 Å². The van der Waals surface area contributed by atoms with Gasteiger partial charge in [0.25, 0.3) is 0 Å². The zero-order valence-corrected chi connectivity index (χ0v) is 44.7. The first-order valence-corrected chi connectivity index (χ1v) is 29.2. The van der Waals surface area contributed by atoms with Gasteiger partial charge in [-0.3, -0.25) is 19.3 Å². The van der Waals surface area contributed by atoms with Gasteiger partial charge in [-0.05, 0) is 111 Å². The highest BCUT2D eigenvalue weighted by molar-refractivity contribution is 7.91. The lowest BCUT2D eigenvalue weighted by Crippen LogP contribution is -2.27. The largest absolute Gasteiger partial charge is 0.381 e. The molecule has 0 amide bonds. The van der Waals surface area contributed by atoms with Gasteiger partial charge in [-0.1, -0.05) is 48.5 Å². The molecule has 8 heterocycles. The van der Waals surface area contributed by atoms with Crippen LogP contribution in [0.2, 0.25) is 0 Å². The molecule has 76 heavy (non-hydrogen) atoms. The Balaban J connectivity index is 0.000000162. The third kappa shape index (κ3) is 9.07. The number of benzene rings is 4. The minimum Gasteiger partial charge on any atom is -0.381 e. The van der Waals surface area contributed by atoms with Crippen molar-refractivity contribution < 1.29 is 35.1 Å². The molecule has 18 heteroatoms. The molecule has 2 atom stereocenters. The third-order valence-electron chi connectivity index (χ3n) is 15.3. The van der Waals surface area contributed by atoms with Crippen LogP contribution in [0.3, 0.4) is 0 Å². The highest BCUT2D eigenvalue weighted by Crippen LogP contribution is 2.46. The van der Waals surface area contributed by atoms with Gasteiger partial charge < -0.3 is 18.6 Å². The molecule has 0 N–H and O–H groups in total. The first kappa shape index (κ1) is 51.0. The lowest BCUT2D eigenvalue weighted by molar-refractivity contribution is 0.0547. The molecule has 2 aliphatic heterocycles. The zero-order chi connectivity index (χ0) is 53.2. The molecule has 2 aliphatic rings. The molecule has 0 aliphatic carbocycles. The van der Waals surface area contributed by atoms with Crippen molar-refractivity contribution in [3.8, 4) is 22.5 Å². The summed E-state index contributed by atoms with van der Waals surface area (Å²) >= 11 is 0. The second kappa shape index (κ2) is 20.1. The van der Waals surface area contributed by atoms with E-state index in [0.717, 1.165) is 70.4 Å². The number of pyridine rings is 2.